The van der Waals surface area contributed by atoms with Crippen molar-refractivity contribution in [2.75, 3.05) is 36.1 Å². The monoisotopic (exact) mass is 394 g/mol. The molecule has 0 saturated heterocycles. The number of carbonyl (C=O) groups excluding carboxylic acids is 1. The highest BCUT2D eigenvalue weighted by Gasteiger charge is 2.09. The van der Waals surface area contributed by atoms with E-state index in [-0.39, 0.29) is 5.95 Å². The van der Waals surface area contributed by atoms with Gasteiger partial charge in [-0.25, -0.2) is 14.6 Å². The summed E-state index contributed by atoms with van der Waals surface area (Å²) in [5, 5.41) is 19.4. The molecule has 0 atom stereocenters. The first-order valence-corrected chi connectivity index (χ1v) is 9.01. The predicted molar refractivity (Wildman–Crippen MR) is 113 cm³/mol. The highest BCUT2D eigenvalue weighted by Crippen LogP contribution is 2.19. The van der Waals surface area contributed by atoms with Gasteiger partial charge in [0.05, 0.1) is 0 Å². The van der Waals surface area contributed by atoms with Crippen molar-refractivity contribution in [3.63, 3.8) is 0 Å². The molecule has 29 heavy (non-hydrogen) atoms. The number of hydrogen-bond acceptors (Lipinski definition) is 5. The predicted octanol–water partition coefficient (Wildman–Crippen LogP) is 3.60. The van der Waals surface area contributed by atoms with Crippen LogP contribution in [0.5, 0.6) is 0 Å². The van der Waals surface area contributed by atoms with E-state index in [1.807, 2.05) is 42.5 Å². The van der Waals surface area contributed by atoms with Crippen molar-refractivity contribution in [1.29, 1.82) is 0 Å². The number of nitrogens with zero attached hydrogens (tertiary/aromatic N) is 3. The Balaban J connectivity index is 1.61. The minimum atomic E-state index is -1.00. The van der Waals surface area contributed by atoms with Crippen LogP contribution in [0.3, 0.4) is 0 Å². The van der Waals surface area contributed by atoms with E-state index in [2.05, 4.69) is 25.9 Å². The number of aromatic nitrogens is 2. The Kier molecular flexibility index (Phi) is 6.08. The number of fused-ring (bicyclic) bond motifs is 1. The van der Waals surface area contributed by atoms with Crippen LogP contribution in [0.4, 0.5) is 27.0 Å². The van der Waals surface area contributed by atoms with Gasteiger partial charge in [0.15, 0.2) is 0 Å². The summed E-state index contributed by atoms with van der Waals surface area (Å²) >= 11 is 0. The molecule has 3 aromatic rings. The smallest absolute Gasteiger partial charge is 0.407 e. The van der Waals surface area contributed by atoms with Gasteiger partial charge in [-0.1, -0.05) is 30.3 Å². The number of nitrogens with one attached hydrogen (secondary N) is 3. The van der Waals surface area contributed by atoms with Gasteiger partial charge in [-0.2, -0.15) is 4.98 Å². The van der Waals surface area contributed by atoms with Crippen LogP contribution in [0.25, 0.3) is 10.8 Å². The van der Waals surface area contributed by atoms with E-state index in [0.717, 1.165) is 15.7 Å². The van der Waals surface area contributed by atoms with Gasteiger partial charge in [-0.05, 0) is 29.8 Å². The zero-order valence-corrected chi connectivity index (χ0v) is 16.1. The van der Waals surface area contributed by atoms with Crippen molar-refractivity contribution in [3.05, 3.63) is 54.2 Å². The summed E-state index contributed by atoms with van der Waals surface area (Å²) in [6.07, 6.45) is -1.00. The van der Waals surface area contributed by atoms with E-state index in [1.54, 1.807) is 13.0 Å². The van der Waals surface area contributed by atoms with Crippen LogP contribution in [0, 0.1) is 6.92 Å². The highest BCUT2D eigenvalue weighted by atomic mass is 16.4. The normalized spacial score (nSPS) is 10.4. The molecule has 9 nitrogen and oxygen atoms in total. The molecule has 0 spiro atoms. The van der Waals surface area contributed by atoms with Crippen LogP contribution < -0.4 is 16.0 Å². The van der Waals surface area contributed by atoms with Crippen LogP contribution in [0.15, 0.2) is 48.5 Å². The summed E-state index contributed by atoms with van der Waals surface area (Å²) in [4.78, 5) is 32.8. The summed E-state index contributed by atoms with van der Waals surface area (Å²) in [7, 11) is 1.49. The Labute approximate surface area is 167 Å². The Hall–Kier alpha value is -3.88. The number of aryl methyl sites for hydroxylation is 1. The number of hydrogen-bond donors (Lipinski definition) is 4. The molecule has 1 heterocycles. The third-order valence-corrected chi connectivity index (χ3v) is 4.17. The Morgan fingerprint density at radius 3 is 2.55 bits per heavy atom. The number of carboxylic acid groups (broad SMARTS) is 1. The first-order chi connectivity index (χ1) is 13.9. The van der Waals surface area contributed by atoms with E-state index >= 15 is 0 Å². The lowest BCUT2D eigenvalue weighted by Gasteiger charge is -2.14. The van der Waals surface area contributed by atoms with Gasteiger partial charge in [-0.3, -0.25) is 5.32 Å². The summed E-state index contributed by atoms with van der Waals surface area (Å²) in [5.41, 5.74) is 1.32. The van der Waals surface area contributed by atoms with Gasteiger partial charge in [0.2, 0.25) is 5.95 Å². The molecule has 0 fully saturated rings. The molecule has 0 radical (unpaired) electrons. The number of carbonyl (C=O) groups is 2. The molecule has 0 bridgehead atoms. The Morgan fingerprint density at radius 1 is 1.03 bits per heavy atom. The summed E-state index contributed by atoms with van der Waals surface area (Å²) in [5.74, 6) is 0.648. The molecule has 0 saturated carbocycles. The topological polar surface area (TPSA) is 119 Å². The third kappa shape index (κ3) is 5.55. The Bertz CT molecular complexity index is 1040. The van der Waals surface area contributed by atoms with E-state index in [9.17, 15) is 9.59 Å². The second-order valence-electron chi connectivity index (χ2n) is 6.49. The number of anilines is 3. The first kappa shape index (κ1) is 19.9. The second-order valence-corrected chi connectivity index (χ2v) is 6.49. The molecule has 0 unspecified atom stereocenters. The largest absolute Gasteiger partial charge is 0.465 e. The SMILES string of the molecule is Cc1cc(NCCN(C)C(=O)O)nc(NC(=O)Nc2ccc3ccccc3c2)n1. The molecule has 0 aliphatic carbocycles. The molecule has 0 aliphatic rings. The maximum absolute atomic E-state index is 12.3. The van der Waals surface area contributed by atoms with E-state index in [1.165, 1.54) is 7.05 Å². The number of likely N-dealkylation sites (N-methyl/N-ethyl adjacent to an activating group) is 1. The maximum Gasteiger partial charge on any atom is 0.407 e. The zero-order valence-electron chi connectivity index (χ0n) is 16.1. The van der Waals surface area contributed by atoms with Gasteiger partial charge in [-0.15, -0.1) is 0 Å². The molecular formula is C20H22N6O3. The molecule has 3 amide bonds. The van der Waals surface area contributed by atoms with E-state index in [0.29, 0.717) is 30.3 Å². The van der Waals surface area contributed by atoms with Crippen LogP contribution in [0.1, 0.15) is 5.69 Å². The van der Waals surface area contributed by atoms with Crippen molar-refractivity contribution in [2.24, 2.45) is 0 Å². The summed E-state index contributed by atoms with van der Waals surface area (Å²) in [6, 6.07) is 14.8. The average molecular weight is 394 g/mol. The van der Waals surface area contributed by atoms with Gasteiger partial charge in [0.1, 0.15) is 5.82 Å². The molecule has 4 N–H and O–H groups in total. The minimum Gasteiger partial charge on any atom is -0.465 e. The second kappa shape index (κ2) is 8.87. The van der Waals surface area contributed by atoms with Gasteiger partial charge < -0.3 is 20.6 Å². The van der Waals surface area contributed by atoms with Gasteiger partial charge in [0.25, 0.3) is 0 Å². The van der Waals surface area contributed by atoms with Crippen molar-refractivity contribution in [3.8, 4) is 0 Å². The van der Waals surface area contributed by atoms with Crippen LogP contribution in [-0.2, 0) is 0 Å². The maximum atomic E-state index is 12.3. The quantitative estimate of drug-likeness (QED) is 0.507. The minimum absolute atomic E-state index is 0.150. The van der Waals surface area contributed by atoms with Crippen LogP contribution >= 0.6 is 0 Å². The highest BCUT2D eigenvalue weighted by molar-refractivity contribution is 6.00. The van der Waals surface area contributed by atoms with Gasteiger partial charge in [0, 0.05) is 37.6 Å². The molecule has 2 aromatic carbocycles. The molecule has 150 valence electrons. The Morgan fingerprint density at radius 2 is 1.79 bits per heavy atom. The molecule has 3 rings (SSSR count). The summed E-state index contributed by atoms with van der Waals surface area (Å²) < 4.78 is 0. The van der Waals surface area contributed by atoms with Crippen molar-refractivity contribution < 1.29 is 14.7 Å². The molecule has 9 heteroatoms. The number of rotatable bonds is 6. The fourth-order valence-corrected chi connectivity index (χ4v) is 2.69. The van der Waals surface area contributed by atoms with Crippen molar-refractivity contribution in [1.82, 2.24) is 14.9 Å². The van der Waals surface area contributed by atoms with Crippen molar-refractivity contribution >= 4 is 40.4 Å². The van der Waals surface area contributed by atoms with Gasteiger partial charge >= 0.3 is 12.1 Å². The number of amides is 3. The van der Waals surface area contributed by atoms with E-state index < -0.39 is 12.1 Å². The lowest BCUT2D eigenvalue weighted by atomic mass is 10.1. The van der Waals surface area contributed by atoms with Crippen molar-refractivity contribution in [2.45, 2.75) is 6.92 Å². The van der Waals surface area contributed by atoms with Crippen LogP contribution in [0.2, 0.25) is 0 Å². The number of urea groups is 1. The fourth-order valence-electron chi connectivity index (χ4n) is 2.69. The lowest BCUT2D eigenvalue weighted by Crippen LogP contribution is -2.30. The van der Waals surface area contributed by atoms with E-state index in [4.69, 9.17) is 5.11 Å². The standard InChI is InChI=1S/C20H22N6O3/c1-13-11-17(21-9-10-26(2)20(28)29)24-18(22-13)25-19(27)23-16-8-7-14-5-3-4-6-15(14)12-16/h3-8,11-12H,9-10H2,1-2H3,(H,28,29)(H3,21,22,23,24,25,27). The number of benzene rings is 2. The molecule has 0 aliphatic heterocycles. The lowest BCUT2D eigenvalue weighted by molar-refractivity contribution is 0.157. The zero-order chi connectivity index (χ0) is 20.8. The average Bonchev–Trinajstić information content (AvgIpc) is 2.67. The third-order valence-electron chi connectivity index (χ3n) is 4.17. The molecular weight excluding hydrogens is 372 g/mol. The summed E-state index contributed by atoms with van der Waals surface area (Å²) in [6.45, 7) is 2.45. The van der Waals surface area contributed by atoms with Crippen LogP contribution in [-0.4, -0.2) is 52.2 Å². The first-order valence-electron chi connectivity index (χ1n) is 9.01. The molecule has 1 aromatic heterocycles. The fraction of sp³-hybridized carbons (Fsp3) is 0.200.